The average Bonchev–Trinajstić information content (AvgIpc) is 3.16. The molecule has 0 aliphatic rings. The minimum absolute atomic E-state index is 0.0757. The van der Waals surface area contributed by atoms with Gasteiger partial charge in [0, 0.05) is 11.5 Å². The number of benzene rings is 6. The summed E-state index contributed by atoms with van der Waals surface area (Å²) in [5.41, 5.74) is 3.77. The van der Waals surface area contributed by atoms with Crippen molar-refractivity contribution in [1.82, 2.24) is 0 Å². The van der Waals surface area contributed by atoms with E-state index < -0.39 is 28.2 Å². The predicted molar refractivity (Wildman–Crippen MR) is 196 cm³/mol. The van der Waals surface area contributed by atoms with E-state index in [1.54, 1.807) is 72.8 Å². The van der Waals surface area contributed by atoms with Gasteiger partial charge in [0.1, 0.15) is 0 Å². The highest BCUT2D eigenvalue weighted by Gasteiger charge is 2.44. The average molecular weight is 664 g/mol. The molecule has 0 fully saturated rings. The van der Waals surface area contributed by atoms with Crippen LogP contribution >= 0.6 is 0 Å². The molecule has 0 heterocycles. The van der Waals surface area contributed by atoms with Gasteiger partial charge in [-0.1, -0.05) is 140 Å². The Balaban J connectivity index is 1.41. The molecule has 0 spiro atoms. The van der Waals surface area contributed by atoms with Crippen molar-refractivity contribution in [1.29, 1.82) is 5.26 Å². The molecule has 0 amide bonds. The molecule has 0 aromatic heterocycles. The second-order valence-electron chi connectivity index (χ2n) is 12.2. The van der Waals surface area contributed by atoms with Gasteiger partial charge in [-0.25, -0.2) is 0 Å². The lowest BCUT2D eigenvalue weighted by molar-refractivity contribution is 0.120. The Morgan fingerprint density at radius 1 is 0.653 bits per heavy atom. The maximum absolute atomic E-state index is 16.1. The molecule has 6 rings (SSSR count). The van der Waals surface area contributed by atoms with Crippen LogP contribution in [0.1, 0.15) is 41.2 Å². The van der Waals surface area contributed by atoms with Gasteiger partial charge in [0.05, 0.1) is 27.2 Å². The molecule has 244 valence electrons. The Kier molecular flexibility index (Phi) is 10.0. The van der Waals surface area contributed by atoms with Crippen LogP contribution in [-0.2, 0) is 29.3 Å². The highest BCUT2D eigenvalue weighted by molar-refractivity contribution is 8.15. The van der Waals surface area contributed by atoms with Gasteiger partial charge in [-0.2, -0.15) is 9.47 Å². The molecule has 0 aliphatic heterocycles. The first-order chi connectivity index (χ1) is 23.8. The molecule has 0 bridgehead atoms. The van der Waals surface area contributed by atoms with Crippen molar-refractivity contribution >= 4 is 16.7 Å². The van der Waals surface area contributed by atoms with Crippen molar-refractivity contribution in [3.05, 3.63) is 204 Å². The summed E-state index contributed by atoms with van der Waals surface area (Å²) in [7, 11) is -6.43. The summed E-state index contributed by atoms with van der Waals surface area (Å²) in [5.74, 6) is -0.0757. The lowest BCUT2D eigenvalue weighted by Gasteiger charge is -2.49. The summed E-state index contributed by atoms with van der Waals surface area (Å²) in [6.07, 6.45) is -0.119. The normalized spacial score (nSPS) is 13.0. The number of hydrogen-bond acceptors (Lipinski definition) is 5. The van der Waals surface area contributed by atoms with Gasteiger partial charge in [-0.3, -0.25) is 4.10 Å². The van der Waals surface area contributed by atoms with Crippen LogP contribution in [0.15, 0.2) is 186 Å². The third-order valence-electron chi connectivity index (χ3n) is 8.98. The topological polar surface area (TPSA) is 79.5 Å². The third-order valence-corrected chi connectivity index (χ3v) is 12.9. The summed E-state index contributed by atoms with van der Waals surface area (Å²) < 4.78 is 28.9. The van der Waals surface area contributed by atoms with E-state index in [1.165, 1.54) is 0 Å². The van der Waals surface area contributed by atoms with Crippen molar-refractivity contribution in [2.45, 2.75) is 40.4 Å². The van der Waals surface area contributed by atoms with Crippen LogP contribution in [0.5, 0.6) is 0 Å². The Labute approximate surface area is 289 Å². The van der Waals surface area contributed by atoms with E-state index in [9.17, 15) is 10.3 Å². The maximum Gasteiger partial charge on any atom is 0.657 e. The van der Waals surface area contributed by atoms with Gasteiger partial charge in [0.25, 0.3) is 0 Å². The van der Waals surface area contributed by atoms with E-state index >= 15 is 4.21 Å². The quantitative estimate of drug-likeness (QED) is 0.0988. The van der Waals surface area contributed by atoms with Crippen LogP contribution in [0.4, 0.5) is 0 Å². The van der Waals surface area contributed by atoms with Crippen LogP contribution in [0.25, 0.3) is 0 Å². The molecule has 6 aromatic rings. The van der Waals surface area contributed by atoms with Crippen LogP contribution in [0.3, 0.4) is 0 Å². The van der Waals surface area contributed by atoms with Crippen LogP contribution in [-0.4, -0.2) is 22.7 Å². The summed E-state index contributed by atoms with van der Waals surface area (Å²) in [5, 5.41) is 21.1. The summed E-state index contributed by atoms with van der Waals surface area (Å²) in [4.78, 5) is 0.829. The molecule has 7 heteroatoms. The Bertz CT molecular complexity index is 1910. The first-order valence-electron chi connectivity index (χ1n) is 16.3. The lowest BCUT2D eigenvalue weighted by Crippen LogP contribution is -2.46. The molecule has 6 aromatic carbocycles. The van der Waals surface area contributed by atoms with Crippen molar-refractivity contribution < 1.29 is 18.0 Å². The monoisotopic (exact) mass is 663 g/mol. The molecule has 0 aliphatic carbocycles. The Hall–Kier alpha value is -5.10. The highest BCUT2D eigenvalue weighted by atomic mass is 32.3. The molecule has 49 heavy (non-hydrogen) atoms. The van der Waals surface area contributed by atoms with Crippen molar-refractivity contribution in [2.24, 2.45) is 0 Å². The number of nitrogens with zero attached hydrogens (tertiary/aromatic N) is 1. The van der Waals surface area contributed by atoms with Crippen molar-refractivity contribution in [2.75, 3.05) is 0 Å². The smallest absolute Gasteiger partial charge is 0.401 e. The standard InChI is InChI=1S/C42H38BNO4S/c1-34(31-42(37-17-7-2-8-18-37,38-19-9-3-10-20-38)39-21-11-4-12-22-39)47-43(45)48-49(46,40-23-13-5-14-24-40,41-25-15-6-16-26-41)33-36-29-27-35(32-44)28-30-36/h2-30,34,45H,31,33H2,1H3. The maximum atomic E-state index is 16.1. The molecule has 1 N–H and O–H groups in total. The number of hydrogen-bond donors (Lipinski definition) is 1. The van der Waals surface area contributed by atoms with E-state index in [2.05, 4.69) is 42.5 Å². The fraction of sp³-hybridized carbons (Fsp3) is 0.119. The predicted octanol–water partition coefficient (Wildman–Crippen LogP) is 8.74. The SMILES string of the molecule is CC(CC(c1ccccc1)(c1ccccc1)c1ccccc1)OB(O)OS(=O)(Cc1ccc(C#N)cc1)(c1ccccc1)c1ccccc1. The van der Waals surface area contributed by atoms with E-state index in [0.29, 0.717) is 27.3 Å². The molecule has 5 nitrogen and oxygen atoms in total. The molecule has 0 saturated heterocycles. The molecular weight excluding hydrogens is 625 g/mol. The summed E-state index contributed by atoms with van der Waals surface area (Å²) >= 11 is 0. The minimum atomic E-state index is -4.58. The zero-order chi connectivity index (χ0) is 34.2. The van der Waals surface area contributed by atoms with Gasteiger partial charge in [0.2, 0.25) is 0 Å². The number of nitriles is 1. The van der Waals surface area contributed by atoms with Gasteiger partial charge in [-0.05, 0) is 72.0 Å². The second kappa shape index (κ2) is 14.6. The summed E-state index contributed by atoms with van der Waals surface area (Å²) in [6.45, 7) is 1.90. The molecule has 1 unspecified atom stereocenters. The van der Waals surface area contributed by atoms with Crippen LogP contribution in [0.2, 0.25) is 0 Å². The fourth-order valence-corrected chi connectivity index (χ4v) is 10.2. The first kappa shape index (κ1) is 33.8. The van der Waals surface area contributed by atoms with Gasteiger partial charge in [-0.15, -0.1) is 9.35 Å². The van der Waals surface area contributed by atoms with E-state index in [1.807, 2.05) is 73.7 Å². The number of rotatable bonds is 13. The van der Waals surface area contributed by atoms with Gasteiger partial charge in [0.15, 0.2) is 0 Å². The Morgan fingerprint density at radius 3 is 1.43 bits per heavy atom. The molecule has 1 atom stereocenters. The highest BCUT2D eigenvalue weighted by Crippen LogP contribution is 2.49. The first-order valence-corrected chi connectivity index (χ1v) is 18.3. The fourth-order valence-electron chi connectivity index (χ4n) is 6.71. The van der Waals surface area contributed by atoms with Gasteiger partial charge < -0.3 is 9.68 Å². The summed E-state index contributed by atoms with van der Waals surface area (Å²) in [6, 6.07) is 57.9. The third kappa shape index (κ3) is 6.91. The van der Waals surface area contributed by atoms with Crippen molar-refractivity contribution in [3.63, 3.8) is 0 Å². The second-order valence-corrected chi connectivity index (χ2v) is 15.6. The zero-order valence-corrected chi connectivity index (χ0v) is 28.2. The zero-order valence-electron chi connectivity index (χ0n) is 27.3. The van der Waals surface area contributed by atoms with E-state index in [-0.39, 0.29) is 5.75 Å². The molecular formula is C42H38BNO4S. The van der Waals surface area contributed by atoms with Crippen LogP contribution < -0.4 is 0 Å². The molecule has 0 radical (unpaired) electrons. The minimum Gasteiger partial charge on any atom is -0.401 e. The largest absolute Gasteiger partial charge is 0.657 e. The Morgan fingerprint density at radius 2 is 1.04 bits per heavy atom. The van der Waals surface area contributed by atoms with Gasteiger partial charge >= 0.3 is 7.32 Å². The molecule has 0 saturated carbocycles. The van der Waals surface area contributed by atoms with Crippen molar-refractivity contribution in [3.8, 4) is 6.07 Å². The van der Waals surface area contributed by atoms with E-state index in [0.717, 1.165) is 16.7 Å². The van der Waals surface area contributed by atoms with Crippen LogP contribution in [0, 0.1) is 11.3 Å². The van der Waals surface area contributed by atoms with E-state index in [4.69, 9.17) is 8.75 Å². The lowest BCUT2D eigenvalue weighted by atomic mass is 9.66.